The predicted molar refractivity (Wildman–Crippen MR) is 104 cm³/mol. The van der Waals surface area contributed by atoms with E-state index in [9.17, 15) is 0 Å². The molecule has 0 saturated carbocycles. The molecule has 0 atom stereocenters. The van der Waals surface area contributed by atoms with E-state index >= 15 is 0 Å². The Balaban J connectivity index is 0.00000242. The van der Waals surface area contributed by atoms with Gasteiger partial charge >= 0.3 is 0 Å². The van der Waals surface area contributed by atoms with Gasteiger partial charge < -0.3 is 9.64 Å². The number of rotatable bonds is 7. The number of benzene rings is 1. The third-order valence-electron chi connectivity index (χ3n) is 4.16. The van der Waals surface area contributed by atoms with Crippen molar-refractivity contribution in [3.05, 3.63) is 29.3 Å². The summed E-state index contributed by atoms with van der Waals surface area (Å²) >= 11 is 5.95. The van der Waals surface area contributed by atoms with E-state index in [2.05, 4.69) is 23.9 Å². The van der Waals surface area contributed by atoms with E-state index in [1.54, 1.807) is 0 Å². The number of halogens is 3. The Bertz CT molecular complexity index is 424. The number of hydrogen-bond donors (Lipinski definition) is 0. The van der Waals surface area contributed by atoms with Crippen LogP contribution in [0.1, 0.15) is 19.3 Å². The van der Waals surface area contributed by atoms with Crippen LogP contribution in [-0.4, -0.2) is 56.7 Å². The SMILES string of the molecule is CN(C)CCC1CCN(CCOc2cccc(Cl)c2)CC1.Cl.Cl. The Kier molecular flexibility index (Phi) is 12.1. The van der Waals surface area contributed by atoms with Crippen LogP contribution in [-0.2, 0) is 0 Å². The van der Waals surface area contributed by atoms with Crippen LogP contribution in [0, 0.1) is 5.92 Å². The molecule has 0 aromatic heterocycles. The molecule has 1 fully saturated rings. The minimum Gasteiger partial charge on any atom is -0.492 e. The molecule has 0 unspecified atom stereocenters. The molecule has 1 aromatic carbocycles. The zero-order chi connectivity index (χ0) is 15.1. The first-order valence-corrected chi connectivity index (χ1v) is 8.27. The molecular formula is C17H29Cl3N2O. The number of likely N-dealkylation sites (tertiary alicyclic amines) is 1. The average Bonchev–Trinajstić information content (AvgIpc) is 2.46. The first-order chi connectivity index (χ1) is 10.1. The molecule has 1 aliphatic heterocycles. The van der Waals surface area contributed by atoms with Crippen molar-refractivity contribution >= 4 is 36.4 Å². The van der Waals surface area contributed by atoms with Gasteiger partial charge in [-0.2, -0.15) is 0 Å². The fraction of sp³-hybridized carbons (Fsp3) is 0.647. The van der Waals surface area contributed by atoms with Gasteiger partial charge in [-0.3, -0.25) is 4.90 Å². The van der Waals surface area contributed by atoms with Crippen molar-refractivity contribution in [1.82, 2.24) is 9.80 Å². The molecule has 1 aromatic rings. The minimum absolute atomic E-state index is 0. The lowest BCUT2D eigenvalue weighted by molar-refractivity contribution is 0.147. The van der Waals surface area contributed by atoms with E-state index < -0.39 is 0 Å². The normalized spacial score (nSPS) is 15.8. The highest BCUT2D eigenvalue weighted by atomic mass is 35.5. The Morgan fingerprint density at radius 3 is 2.52 bits per heavy atom. The molecule has 0 aliphatic carbocycles. The van der Waals surface area contributed by atoms with Crippen LogP contribution in [0.25, 0.3) is 0 Å². The molecule has 134 valence electrons. The molecule has 0 amide bonds. The van der Waals surface area contributed by atoms with Crippen molar-refractivity contribution in [2.45, 2.75) is 19.3 Å². The van der Waals surface area contributed by atoms with Crippen LogP contribution in [0.5, 0.6) is 5.75 Å². The van der Waals surface area contributed by atoms with Crippen molar-refractivity contribution in [1.29, 1.82) is 0 Å². The van der Waals surface area contributed by atoms with Gasteiger partial charge in [-0.05, 0) is 77.1 Å². The molecule has 0 spiro atoms. The summed E-state index contributed by atoms with van der Waals surface area (Å²) in [4.78, 5) is 4.79. The van der Waals surface area contributed by atoms with Crippen LogP contribution in [0.4, 0.5) is 0 Å². The zero-order valence-corrected chi connectivity index (χ0v) is 16.4. The Morgan fingerprint density at radius 1 is 1.22 bits per heavy atom. The van der Waals surface area contributed by atoms with Gasteiger partial charge in [0, 0.05) is 11.6 Å². The second-order valence-corrected chi connectivity index (χ2v) is 6.62. The molecule has 23 heavy (non-hydrogen) atoms. The first-order valence-electron chi connectivity index (χ1n) is 7.89. The van der Waals surface area contributed by atoms with Gasteiger partial charge in [0.15, 0.2) is 0 Å². The highest BCUT2D eigenvalue weighted by Gasteiger charge is 2.18. The van der Waals surface area contributed by atoms with E-state index in [0.717, 1.165) is 29.8 Å². The quantitative estimate of drug-likeness (QED) is 0.701. The zero-order valence-electron chi connectivity index (χ0n) is 14.0. The predicted octanol–water partition coefficient (Wildman–Crippen LogP) is 4.23. The lowest BCUT2D eigenvalue weighted by Crippen LogP contribution is -2.37. The lowest BCUT2D eigenvalue weighted by Gasteiger charge is -2.32. The van der Waals surface area contributed by atoms with E-state index in [0.29, 0.717) is 0 Å². The first kappa shape index (κ1) is 22.8. The maximum absolute atomic E-state index is 5.95. The summed E-state index contributed by atoms with van der Waals surface area (Å²) in [5.41, 5.74) is 0. The van der Waals surface area contributed by atoms with Crippen molar-refractivity contribution in [2.75, 3.05) is 46.9 Å². The molecule has 0 radical (unpaired) electrons. The van der Waals surface area contributed by atoms with Crippen LogP contribution in [0.15, 0.2) is 24.3 Å². The molecule has 2 rings (SSSR count). The maximum Gasteiger partial charge on any atom is 0.120 e. The third-order valence-corrected chi connectivity index (χ3v) is 4.40. The van der Waals surface area contributed by atoms with Crippen LogP contribution in [0.2, 0.25) is 5.02 Å². The summed E-state index contributed by atoms with van der Waals surface area (Å²) < 4.78 is 5.76. The van der Waals surface area contributed by atoms with Gasteiger partial charge in [0.25, 0.3) is 0 Å². The molecule has 1 aliphatic rings. The summed E-state index contributed by atoms with van der Waals surface area (Å²) in [6, 6.07) is 7.62. The van der Waals surface area contributed by atoms with Gasteiger partial charge in [-0.1, -0.05) is 17.7 Å². The second kappa shape index (κ2) is 12.2. The summed E-state index contributed by atoms with van der Waals surface area (Å²) in [6.07, 6.45) is 3.98. The maximum atomic E-state index is 5.95. The van der Waals surface area contributed by atoms with Crippen LogP contribution in [0.3, 0.4) is 0 Å². The molecular weight excluding hydrogens is 355 g/mol. The average molecular weight is 384 g/mol. The Labute approximate surface area is 158 Å². The van der Waals surface area contributed by atoms with Gasteiger partial charge in [-0.25, -0.2) is 0 Å². The van der Waals surface area contributed by atoms with Gasteiger partial charge in [-0.15, -0.1) is 24.8 Å². The van der Waals surface area contributed by atoms with Crippen molar-refractivity contribution < 1.29 is 4.74 Å². The highest BCUT2D eigenvalue weighted by molar-refractivity contribution is 6.30. The second-order valence-electron chi connectivity index (χ2n) is 6.18. The Morgan fingerprint density at radius 2 is 1.91 bits per heavy atom. The van der Waals surface area contributed by atoms with E-state index in [1.807, 2.05) is 24.3 Å². The summed E-state index contributed by atoms with van der Waals surface area (Å²) in [5.74, 6) is 1.76. The lowest BCUT2D eigenvalue weighted by atomic mass is 9.93. The molecule has 1 heterocycles. The van der Waals surface area contributed by atoms with Crippen LogP contribution >= 0.6 is 36.4 Å². The van der Waals surface area contributed by atoms with E-state index in [1.165, 1.54) is 38.9 Å². The minimum atomic E-state index is 0. The number of hydrogen-bond acceptors (Lipinski definition) is 3. The van der Waals surface area contributed by atoms with Crippen LogP contribution < -0.4 is 4.74 Å². The molecule has 0 bridgehead atoms. The fourth-order valence-corrected chi connectivity index (χ4v) is 2.97. The van der Waals surface area contributed by atoms with Gasteiger partial charge in [0.05, 0.1) is 0 Å². The smallest absolute Gasteiger partial charge is 0.120 e. The molecule has 1 saturated heterocycles. The molecule has 3 nitrogen and oxygen atoms in total. The summed E-state index contributed by atoms with van der Waals surface area (Å²) in [7, 11) is 4.31. The molecule has 6 heteroatoms. The molecule has 0 N–H and O–H groups in total. The van der Waals surface area contributed by atoms with E-state index in [-0.39, 0.29) is 24.8 Å². The number of piperidine rings is 1. The summed E-state index contributed by atoms with van der Waals surface area (Å²) in [6.45, 7) is 5.37. The number of ether oxygens (including phenoxy) is 1. The standard InChI is InChI=1S/C17H27ClN2O.2ClH/c1-19(2)9-6-15-7-10-20(11-8-15)12-13-21-17-5-3-4-16(18)14-17;;/h3-5,14-15H,6-13H2,1-2H3;2*1H. The summed E-state index contributed by atoms with van der Waals surface area (Å²) in [5, 5.41) is 0.731. The van der Waals surface area contributed by atoms with Gasteiger partial charge in [0.1, 0.15) is 12.4 Å². The van der Waals surface area contributed by atoms with E-state index in [4.69, 9.17) is 16.3 Å². The van der Waals surface area contributed by atoms with Crippen molar-refractivity contribution in [3.63, 3.8) is 0 Å². The Hall–Kier alpha value is -0.190. The topological polar surface area (TPSA) is 15.7 Å². The highest BCUT2D eigenvalue weighted by Crippen LogP contribution is 2.21. The monoisotopic (exact) mass is 382 g/mol. The number of nitrogens with zero attached hydrogens (tertiary/aromatic N) is 2. The van der Waals surface area contributed by atoms with Crippen molar-refractivity contribution in [3.8, 4) is 5.75 Å². The third kappa shape index (κ3) is 9.02. The fourth-order valence-electron chi connectivity index (χ4n) is 2.79. The van der Waals surface area contributed by atoms with Crippen molar-refractivity contribution in [2.24, 2.45) is 5.92 Å². The van der Waals surface area contributed by atoms with Gasteiger partial charge in [0.2, 0.25) is 0 Å². The largest absolute Gasteiger partial charge is 0.492 e.